The van der Waals surface area contributed by atoms with Gasteiger partial charge in [-0.1, -0.05) is 22.6 Å². The number of nitrogens with zero attached hydrogens (tertiary/aromatic N) is 1. The van der Waals surface area contributed by atoms with Gasteiger partial charge in [0.15, 0.2) is 0 Å². The third kappa shape index (κ3) is 2.65. The molecule has 2 unspecified atom stereocenters. The first kappa shape index (κ1) is 12.1. The Labute approximate surface area is 105 Å². The van der Waals surface area contributed by atoms with Gasteiger partial charge in [0, 0.05) is 16.5 Å². The molecule has 3 nitrogen and oxygen atoms in total. The molecule has 2 rings (SSSR count). The zero-order valence-electron chi connectivity index (χ0n) is 9.61. The van der Waals surface area contributed by atoms with Gasteiger partial charge >= 0.3 is 0 Å². The van der Waals surface area contributed by atoms with Crippen molar-refractivity contribution in [1.29, 1.82) is 0 Å². The number of piperidine rings is 1. The molecule has 0 aromatic rings. The minimum atomic E-state index is -0.719. The van der Waals surface area contributed by atoms with Crippen LogP contribution in [-0.4, -0.2) is 38.5 Å². The quantitative estimate of drug-likeness (QED) is 0.479. The maximum atomic E-state index is 9.99. The summed E-state index contributed by atoms with van der Waals surface area (Å²) in [5, 5.41) is 9.99. The van der Waals surface area contributed by atoms with E-state index in [2.05, 4.69) is 27.5 Å². The van der Waals surface area contributed by atoms with E-state index in [1.54, 1.807) is 0 Å². The number of alkyl halides is 1. The van der Waals surface area contributed by atoms with Crippen LogP contribution in [0.2, 0.25) is 0 Å². The standard InChI is InChI=1S/C11H20INO2/c1-11(2,3)15-10(14)13-6-7-4-8(13)5-9(7)12/h7-10,14H,4-6H2,1-3H3/t7-,8-,9?,10?/m1/s1. The molecule has 0 aromatic carbocycles. The number of hydrogen-bond acceptors (Lipinski definition) is 3. The van der Waals surface area contributed by atoms with Gasteiger partial charge in [0.1, 0.15) is 0 Å². The fourth-order valence-electron chi connectivity index (χ4n) is 2.58. The number of aliphatic hydroxyl groups is 1. The molecule has 1 N–H and O–H groups in total. The lowest BCUT2D eigenvalue weighted by Crippen LogP contribution is -2.47. The molecule has 88 valence electrons. The molecule has 2 aliphatic rings. The molecule has 0 amide bonds. The second-order valence-corrected chi connectivity index (χ2v) is 7.25. The van der Waals surface area contributed by atoms with Crippen LogP contribution in [0.3, 0.4) is 0 Å². The van der Waals surface area contributed by atoms with Crippen LogP contribution in [0.4, 0.5) is 0 Å². The van der Waals surface area contributed by atoms with Gasteiger partial charge in [-0.2, -0.15) is 0 Å². The van der Waals surface area contributed by atoms with E-state index in [0.29, 0.717) is 6.04 Å². The molecule has 4 atom stereocenters. The number of fused-ring (bicyclic) bond motifs is 2. The molecule has 1 heterocycles. The van der Waals surface area contributed by atoms with Gasteiger partial charge in [0.2, 0.25) is 6.41 Å². The molecule has 0 radical (unpaired) electrons. The number of rotatable bonds is 2. The SMILES string of the molecule is CC(C)(C)OC(O)N1C[C@H]2C[C@@H]1CC2I. The number of hydrogen-bond donors (Lipinski definition) is 1. The Hall–Kier alpha value is 0.610. The highest BCUT2D eigenvalue weighted by atomic mass is 127. The molecule has 2 fully saturated rings. The van der Waals surface area contributed by atoms with E-state index >= 15 is 0 Å². The number of halogens is 1. The average Bonchev–Trinajstić information content (AvgIpc) is 2.58. The molecule has 0 spiro atoms. The van der Waals surface area contributed by atoms with Gasteiger partial charge in [0.05, 0.1) is 5.60 Å². The van der Waals surface area contributed by atoms with Gasteiger partial charge in [-0.3, -0.25) is 4.90 Å². The van der Waals surface area contributed by atoms with E-state index in [-0.39, 0.29) is 5.60 Å². The van der Waals surface area contributed by atoms with Crippen LogP contribution >= 0.6 is 22.6 Å². The Balaban J connectivity index is 1.91. The van der Waals surface area contributed by atoms with Gasteiger partial charge in [-0.15, -0.1) is 0 Å². The van der Waals surface area contributed by atoms with Crippen LogP contribution in [0.15, 0.2) is 0 Å². The van der Waals surface area contributed by atoms with Crippen molar-refractivity contribution in [2.45, 2.75) is 55.6 Å². The summed E-state index contributed by atoms with van der Waals surface area (Å²) >= 11 is 2.54. The van der Waals surface area contributed by atoms with Crippen molar-refractivity contribution in [2.75, 3.05) is 6.54 Å². The molecular weight excluding hydrogens is 305 g/mol. The van der Waals surface area contributed by atoms with Crippen molar-refractivity contribution in [3.63, 3.8) is 0 Å². The van der Waals surface area contributed by atoms with Crippen LogP contribution in [-0.2, 0) is 4.74 Å². The van der Waals surface area contributed by atoms with Crippen LogP contribution in [0.1, 0.15) is 33.6 Å². The Morgan fingerprint density at radius 2 is 2.07 bits per heavy atom. The van der Waals surface area contributed by atoms with E-state index in [4.69, 9.17) is 4.74 Å². The second kappa shape index (κ2) is 4.13. The fraction of sp³-hybridized carbons (Fsp3) is 1.00. The van der Waals surface area contributed by atoms with Crippen molar-refractivity contribution in [3.8, 4) is 0 Å². The Morgan fingerprint density at radius 3 is 2.47 bits per heavy atom. The summed E-state index contributed by atoms with van der Waals surface area (Å²) in [7, 11) is 0. The summed E-state index contributed by atoms with van der Waals surface area (Å²) in [5.74, 6) is 0.758. The van der Waals surface area contributed by atoms with Gasteiger partial charge < -0.3 is 9.84 Å². The van der Waals surface area contributed by atoms with Crippen LogP contribution in [0, 0.1) is 5.92 Å². The molecule has 1 aliphatic carbocycles. The lowest BCUT2D eigenvalue weighted by atomic mass is 10.1. The second-order valence-electron chi connectivity index (χ2n) is 5.65. The monoisotopic (exact) mass is 325 g/mol. The summed E-state index contributed by atoms with van der Waals surface area (Å²) < 4.78 is 6.39. The topological polar surface area (TPSA) is 32.7 Å². The smallest absolute Gasteiger partial charge is 0.216 e. The van der Waals surface area contributed by atoms with Crippen molar-refractivity contribution < 1.29 is 9.84 Å². The van der Waals surface area contributed by atoms with E-state index < -0.39 is 6.41 Å². The zero-order valence-corrected chi connectivity index (χ0v) is 11.8. The summed E-state index contributed by atoms with van der Waals surface area (Å²) in [5.41, 5.74) is -0.273. The largest absolute Gasteiger partial charge is 0.356 e. The number of aliphatic hydroxyl groups excluding tert-OH is 1. The van der Waals surface area contributed by atoms with Crippen LogP contribution in [0.25, 0.3) is 0 Å². The first-order valence-electron chi connectivity index (χ1n) is 5.62. The fourth-order valence-corrected chi connectivity index (χ4v) is 3.69. The Bertz CT molecular complexity index is 239. The Kier molecular flexibility index (Phi) is 3.32. The van der Waals surface area contributed by atoms with E-state index in [0.717, 1.165) is 16.4 Å². The molecule has 1 aliphatic heterocycles. The lowest BCUT2D eigenvalue weighted by Gasteiger charge is -2.36. The van der Waals surface area contributed by atoms with Crippen molar-refractivity contribution in [3.05, 3.63) is 0 Å². The summed E-state index contributed by atoms with van der Waals surface area (Å²) in [6, 6.07) is 0.536. The number of likely N-dealkylation sites (tertiary alicyclic amines) is 1. The molecular formula is C11H20INO2. The molecule has 4 heteroatoms. The lowest BCUT2D eigenvalue weighted by molar-refractivity contribution is -0.244. The van der Waals surface area contributed by atoms with Crippen molar-refractivity contribution in [1.82, 2.24) is 4.90 Å². The molecule has 2 bridgehead atoms. The normalized spacial score (nSPS) is 38.6. The van der Waals surface area contributed by atoms with Gasteiger partial charge in [-0.05, 0) is 39.5 Å². The zero-order chi connectivity index (χ0) is 11.2. The predicted molar refractivity (Wildman–Crippen MR) is 67.9 cm³/mol. The summed E-state index contributed by atoms with van der Waals surface area (Å²) in [4.78, 5) is 2.12. The maximum absolute atomic E-state index is 9.99. The summed E-state index contributed by atoms with van der Waals surface area (Å²) in [6.45, 7) is 6.93. The number of ether oxygens (including phenoxy) is 1. The van der Waals surface area contributed by atoms with Gasteiger partial charge in [0.25, 0.3) is 0 Å². The van der Waals surface area contributed by atoms with E-state index in [9.17, 15) is 5.11 Å². The highest BCUT2D eigenvalue weighted by Crippen LogP contribution is 2.42. The molecule has 15 heavy (non-hydrogen) atoms. The molecule has 0 aromatic heterocycles. The minimum Gasteiger partial charge on any atom is -0.356 e. The third-order valence-electron chi connectivity index (χ3n) is 3.24. The Morgan fingerprint density at radius 1 is 1.40 bits per heavy atom. The van der Waals surface area contributed by atoms with Crippen LogP contribution < -0.4 is 0 Å². The van der Waals surface area contributed by atoms with Crippen molar-refractivity contribution in [2.24, 2.45) is 5.92 Å². The predicted octanol–water partition coefficient (Wildman–Crippen LogP) is 1.98. The highest BCUT2D eigenvalue weighted by Gasteiger charge is 2.46. The third-order valence-corrected chi connectivity index (χ3v) is 4.77. The molecule has 1 saturated heterocycles. The first-order valence-corrected chi connectivity index (χ1v) is 6.87. The van der Waals surface area contributed by atoms with E-state index in [1.165, 1.54) is 12.8 Å². The maximum Gasteiger partial charge on any atom is 0.216 e. The minimum absolute atomic E-state index is 0.273. The summed E-state index contributed by atoms with van der Waals surface area (Å²) in [6.07, 6.45) is 1.72. The van der Waals surface area contributed by atoms with E-state index in [1.807, 2.05) is 20.8 Å². The highest BCUT2D eigenvalue weighted by molar-refractivity contribution is 14.1. The van der Waals surface area contributed by atoms with Crippen molar-refractivity contribution >= 4 is 22.6 Å². The van der Waals surface area contributed by atoms with Gasteiger partial charge in [-0.25, -0.2) is 0 Å². The average molecular weight is 325 g/mol. The first-order chi connectivity index (χ1) is 6.87. The molecule has 1 saturated carbocycles. The van der Waals surface area contributed by atoms with Crippen LogP contribution in [0.5, 0.6) is 0 Å².